The number of amides is 1. The van der Waals surface area contributed by atoms with Crippen molar-refractivity contribution in [1.29, 1.82) is 0 Å². The van der Waals surface area contributed by atoms with Gasteiger partial charge in [0.25, 0.3) is 0 Å². The lowest BCUT2D eigenvalue weighted by atomic mass is 10.2. The number of carbonyl (C=O) groups is 1. The van der Waals surface area contributed by atoms with E-state index in [4.69, 9.17) is 11.6 Å². The van der Waals surface area contributed by atoms with Crippen molar-refractivity contribution in [1.82, 2.24) is 5.32 Å². The first-order valence-corrected chi connectivity index (χ1v) is 9.68. The quantitative estimate of drug-likeness (QED) is 0.550. The molecule has 1 atom stereocenters. The Balaban J connectivity index is 1.69. The summed E-state index contributed by atoms with van der Waals surface area (Å²) in [5.41, 5.74) is 1.23. The monoisotopic (exact) mass is 365 g/mol. The summed E-state index contributed by atoms with van der Waals surface area (Å²) in [4.78, 5) is 14.4. The summed E-state index contributed by atoms with van der Waals surface area (Å²) in [5.74, 6) is 0.919. The average molecular weight is 366 g/mol. The van der Waals surface area contributed by atoms with Crippen molar-refractivity contribution in [2.45, 2.75) is 28.9 Å². The molecule has 0 aromatic heterocycles. The Bertz CT molecular complexity index is 628. The molecular formula is C18H20ClNOS2. The lowest BCUT2D eigenvalue weighted by Gasteiger charge is -2.12. The number of nitrogens with one attached hydrogen (secondary N) is 1. The maximum absolute atomic E-state index is 12.1. The van der Waals surface area contributed by atoms with E-state index in [-0.39, 0.29) is 11.2 Å². The molecule has 1 unspecified atom stereocenters. The zero-order chi connectivity index (χ0) is 16.7. The van der Waals surface area contributed by atoms with Crippen LogP contribution in [0.5, 0.6) is 0 Å². The van der Waals surface area contributed by atoms with Gasteiger partial charge in [0.05, 0.1) is 5.25 Å². The normalized spacial score (nSPS) is 12.0. The Labute approximate surface area is 151 Å². The first kappa shape index (κ1) is 18.2. The van der Waals surface area contributed by atoms with Crippen molar-refractivity contribution in [3.63, 3.8) is 0 Å². The van der Waals surface area contributed by atoms with Gasteiger partial charge in [0.2, 0.25) is 5.91 Å². The van der Waals surface area contributed by atoms with Gasteiger partial charge in [0, 0.05) is 27.1 Å². The van der Waals surface area contributed by atoms with Crippen molar-refractivity contribution in [3.05, 3.63) is 59.1 Å². The number of rotatable bonds is 7. The maximum atomic E-state index is 12.1. The van der Waals surface area contributed by atoms with E-state index < -0.39 is 0 Å². The van der Waals surface area contributed by atoms with Gasteiger partial charge >= 0.3 is 0 Å². The van der Waals surface area contributed by atoms with Gasteiger partial charge in [-0.2, -0.15) is 0 Å². The largest absolute Gasteiger partial charge is 0.354 e. The topological polar surface area (TPSA) is 29.1 Å². The molecule has 0 saturated heterocycles. The van der Waals surface area contributed by atoms with Gasteiger partial charge < -0.3 is 5.32 Å². The van der Waals surface area contributed by atoms with E-state index in [1.807, 2.05) is 31.2 Å². The molecule has 0 fully saturated rings. The zero-order valence-electron chi connectivity index (χ0n) is 13.2. The molecule has 0 aliphatic rings. The van der Waals surface area contributed by atoms with Crippen LogP contribution in [-0.4, -0.2) is 23.5 Å². The third kappa shape index (κ3) is 6.50. The Morgan fingerprint density at radius 3 is 2.35 bits per heavy atom. The predicted octanol–water partition coefficient (Wildman–Crippen LogP) is 5.04. The highest BCUT2D eigenvalue weighted by Gasteiger charge is 2.13. The molecule has 0 saturated carbocycles. The Kier molecular flexibility index (Phi) is 7.34. The van der Waals surface area contributed by atoms with E-state index in [1.165, 1.54) is 5.56 Å². The van der Waals surface area contributed by atoms with Crippen LogP contribution in [0.3, 0.4) is 0 Å². The summed E-state index contributed by atoms with van der Waals surface area (Å²) in [5, 5.41) is 3.63. The van der Waals surface area contributed by atoms with Crippen LogP contribution in [0, 0.1) is 6.92 Å². The highest BCUT2D eigenvalue weighted by molar-refractivity contribution is 8.00. The number of thioether (sulfide) groups is 2. The molecule has 0 aliphatic carbocycles. The van der Waals surface area contributed by atoms with Crippen LogP contribution in [-0.2, 0) is 4.79 Å². The van der Waals surface area contributed by atoms with E-state index in [9.17, 15) is 4.79 Å². The molecule has 0 radical (unpaired) electrons. The third-order valence-corrected chi connectivity index (χ3v) is 5.56. The fourth-order valence-electron chi connectivity index (χ4n) is 1.89. The summed E-state index contributed by atoms with van der Waals surface area (Å²) in [7, 11) is 0. The smallest absolute Gasteiger partial charge is 0.233 e. The average Bonchev–Trinajstić information content (AvgIpc) is 2.55. The molecule has 0 bridgehead atoms. The molecule has 0 heterocycles. The molecule has 1 N–H and O–H groups in total. The fourth-order valence-corrected chi connectivity index (χ4v) is 3.68. The van der Waals surface area contributed by atoms with E-state index in [0.717, 1.165) is 20.6 Å². The molecule has 2 aromatic rings. The van der Waals surface area contributed by atoms with Gasteiger partial charge in [-0.3, -0.25) is 4.79 Å². The van der Waals surface area contributed by atoms with Gasteiger partial charge in [-0.05, 0) is 50.2 Å². The number of halogens is 1. The highest BCUT2D eigenvalue weighted by Crippen LogP contribution is 2.23. The van der Waals surface area contributed by atoms with Crippen LogP contribution < -0.4 is 5.32 Å². The van der Waals surface area contributed by atoms with Crippen LogP contribution >= 0.6 is 35.1 Å². The first-order chi connectivity index (χ1) is 11.0. The van der Waals surface area contributed by atoms with Crippen molar-refractivity contribution in [3.8, 4) is 0 Å². The molecule has 23 heavy (non-hydrogen) atoms. The van der Waals surface area contributed by atoms with E-state index >= 15 is 0 Å². The standard InChI is InChI=1S/C18H20ClNOS2/c1-13-3-7-17(8-4-13)23-14(2)18(21)20-11-12-22-16-9-5-15(19)6-10-16/h3-10,14H,11-12H2,1-2H3,(H,20,21). The molecule has 1 amide bonds. The molecular weight excluding hydrogens is 346 g/mol. The number of aryl methyl sites for hydroxylation is 1. The lowest BCUT2D eigenvalue weighted by Crippen LogP contribution is -2.32. The summed E-state index contributed by atoms with van der Waals surface area (Å²) in [6, 6.07) is 16.0. The highest BCUT2D eigenvalue weighted by atomic mass is 35.5. The molecule has 122 valence electrons. The predicted molar refractivity (Wildman–Crippen MR) is 102 cm³/mol. The summed E-state index contributed by atoms with van der Waals surface area (Å²) in [6.45, 7) is 4.65. The van der Waals surface area contributed by atoms with E-state index in [1.54, 1.807) is 23.5 Å². The second kappa shape index (κ2) is 9.26. The van der Waals surface area contributed by atoms with Crippen molar-refractivity contribution >= 4 is 41.0 Å². The van der Waals surface area contributed by atoms with Crippen LogP contribution in [0.15, 0.2) is 58.3 Å². The second-order valence-corrected chi connectivity index (χ2v) is 8.19. The van der Waals surface area contributed by atoms with Crippen molar-refractivity contribution in [2.75, 3.05) is 12.3 Å². The van der Waals surface area contributed by atoms with Crippen LogP contribution in [0.2, 0.25) is 5.02 Å². The minimum absolute atomic E-state index is 0.0762. The lowest BCUT2D eigenvalue weighted by molar-refractivity contribution is -0.120. The summed E-state index contributed by atoms with van der Waals surface area (Å²) in [6.07, 6.45) is 0. The van der Waals surface area contributed by atoms with Crippen molar-refractivity contribution in [2.24, 2.45) is 0 Å². The molecule has 0 spiro atoms. The van der Waals surface area contributed by atoms with Gasteiger partial charge in [-0.1, -0.05) is 29.3 Å². The van der Waals surface area contributed by atoms with Gasteiger partial charge in [0.15, 0.2) is 0 Å². The van der Waals surface area contributed by atoms with Crippen LogP contribution in [0.1, 0.15) is 12.5 Å². The van der Waals surface area contributed by atoms with Crippen molar-refractivity contribution < 1.29 is 4.79 Å². The molecule has 0 aliphatic heterocycles. The Hall–Kier alpha value is -1.10. The van der Waals surface area contributed by atoms with E-state index in [0.29, 0.717) is 6.54 Å². The van der Waals surface area contributed by atoms with Gasteiger partial charge in [-0.25, -0.2) is 0 Å². The fraction of sp³-hybridized carbons (Fsp3) is 0.278. The third-order valence-electron chi connectivity index (χ3n) is 3.19. The molecule has 5 heteroatoms. The summed E-state index contributed by atoms with van der Waals surface area (Å²) < 4.78 is 0. The Morgan fingerprint density at radius 1 is 1.09 bits per heavy atom. The van der Waals surface area contributed by atoms with E-state index in [2.05, 4.69) is 36.5 Å². The maximum Gasteiger partial charge on any atom is 0.233 e. The minimum atomic E-state index is -0.0989. The first-order valence-electron chi connectivity index (χ1n) is 7.44. The van der Waals surface area contributed by atoms with Gasteiger partial charge in [-0.15, -0.1) is 23.5 Å². The minimum Gasteiger partial charge on any atom is -0.354 e. The summed E-state index contributed by atoms with van der Waals surface area (Å²) >= 11 is 9.15. The number of hydrogen-bond donors (Lipinski definition) is 1. The SMILES string of the molecule is Cc1ccc(SC(C)C(=O)NCCSc2ccc(Cl)cc2)cc1. The number of hydrogen-bond acceptors (Lipinski definition) is 3. The Morgan fingerprint density at radius 2 is 1.70 bits per heavy atom. The number of carbonyl (C=O) groups excluding carboxylic acids is 1. The zero-order valence-corrected chi connectivity index (χ0v) is 15.6. The molecule has 2 nitrogen and oxygen atoms in total. The van der Waals surface area contributed by atoms with Gasteiger partial charge in [0.1, 0.15) is 0 Å². The molecule has 2 rings (SSSR count). The molecule has 2 aromatic carbocycles. The van der Waals surface area contributed by atoms with Crippen LogP contribution in [0.25, 0.3) is 0 Å². The van der Waals surface area contributed by atoms with Crippen LogP contribution in [0.4, 0.5) is 0 Å². The second-order valence-electron chi connectivity index (χ2n) is 5.17. The number of benzene rings is 2.